The highest BCUT2D eigenvalue weighted by atomic mass is 16.1. The van der Waals surface area contributed by atoms with Crippen LogP contribution in [-0.2, 0) is 4.79 Å². The van der Waals surface area contributed by atoms with E-state index in [0.29, 0.717) is 17.1 Å². The van der Waals surface area contributed by atoms with Gasteiger partial charge in [-0.3, -0.25) is 9.59 Å². The lowest BCUT2D eigenvalue weighted by Gasteiger charge is -2.03. The van der Waals surface area contributed by atoms with Gasteiger partial charge in [-0.2, -0.15) is 0 Å². The van der Waals surface area contributed by atoms with Crippen LogP contribution in [0, 0.1) is 0 Å². The Bertz CT molecular complexity index is 949. The number of hydrogen-bond donors (Lipinski definition) is 1. The summed E-state index contributed by atoms with van der Waals surface area (Å²) in [5, 5.41) is 2.66. The quantitative estimate of drug-likeness (QED) is 0.561. The lowest BCUT2D eigenvalue weighted by molar-refractivity contribution is -0.114. The normalized spacial score (nSPS) is 10.7. The van der Waals surface area contributed by atoms with Crippen LogP contribution in [0.3, 0.4) is 0 Å². The molecule has 0 atom stereocenters. The van der Waals surface area contributed by atoms with E-state index >= 15 is 0 Å². The van der Waals surface area contributed by atoms with Gasteiger partial charge in [0.1, 0.15) is 0 Å². The van der Waals surface area contributed by atoms with E-state index in [1.54, 1.807) is 42.7 Å². The molecule has 0 spiro atoms. The molecule has 3 aromatic rings. The number of nitrogens with one attached hydrogen (secondary N) is 1. The Kier molecular flexibility index (Phi) is 5.29. The molecule has 0 saturated heterocycles. The Labute approximate surface area is 151 Å². The van der Waals surface area contributed by atoms with Crippen molar-refractivity contribution in [1.29, 1.82) is 0 Å². The first-order valence-electron chi connectivity index (χ1n) is 8.09. The van der Waals surface area contributed by atoms with Crippen LogP contribution in [0.4, 0.5) is 5.69 Å². The van der Waals surface area contributed by atoms with Gasteiger partial charge in [0.05, 0.1) is 0 Å². The number of allylic oxidation sites excluding steroid dienone is 1. The number of rotatable bonds is 5. The first-order chi connectivity index (χ1) is 12.6. The summed E-state index contributed by atoms with van der Waals surface area (Å²) in [6, 6.07) is 16.5. The van der Waals surface area contributed by atoms with E-state index in [9.17, 15) is 9.59 Å². The molecular weight excluding hydrogens is 326 g/mol. The van der Waals surface area contributed by atoms with Gasteiger partial charge in [0, 0.05) is 41.7 Å². The molecule has 0 aliphatic heterocycles. The largest absolute Gasteiger partial charge is 0.326 e. The first-order valence-corrected chi connectivity index (χ1v) is 8.09. The summed E-state index contributed by atoms with van der Waals surface area (Å²) in [6.07, 6.45) is 6.48. The van der Waals surface area contributed by atoms with E-state index < -0.39 is 0 Å². The van der Waals surface area contributed by atoms with Crippen molar-refractivity contribution in [3.8, 4) is 11.4 Å². The predicted octanol–water partition coefficient (Wildman–Crippen LogP) is 4.00. The average molecular weight is 343 g/mol. The molecule has 2 aromatic carbocycles. The van der Waals surface area contributed by atoms with Crippen LogP contribution in [0.1, 0.15) is 22.8 Å². The Hall–Kier alpha value is -3.60. The molecule has 1 aromatic heterocycles. The van der Waals surface area contributed by atoms with Crippen LogP contribution < -0.4 is 5.32 Å². The molecule has 1 amide bonds. The molecule has 128 valence electrons. The van der Waals surface area contributed by atoms with Crippen LogP contribution in [0.15, 0.2) is 73.1 Å². The van der Waals surface area contributed by atoms with Crippen molar-refractivity contribution in [2.45, 2.75) is 6.92 Å². The van der Waals surface area contributed by atoms with Gasteiger partial charge in [0.15, 0.2) is 11.6 Å². The molecule has 5 heteroatoms. The van der Waals surface area contributed by atoms with E-state index in [2.05, 4.69) is 15.3 Å². The number of anilines is 1. The van der Waals surface area contributed by atoms with Crippen LogP contribution in [0.5, 0.6) is 0 Å². The Morgan fingerprint density at radius 2 is 1.69 bits per heavy atom. The highest BCUT2D eigenvalue weighted by Gasteiger charge is 2.04. The van der Waals surface area contributed by atoms with Crippen LogP contribution in [0.25, 0.3) is 17.5 Å². The molecule has 0 unspecified atom stereocenters. The SMILES string of the molecule is CC(=O)Nc1cccc(C(=O)/C=C\c2cnc(-c3ccccc3)nc2)c1. The Morgan fingerprint density at radius 1 is 0.962 bits per heavy atom. The van der Waals surface area contributed by atoms with Crippen LogP contribution >= 0.6 is 0 Å². The summed E-state index contributed by atoms with van der Waals surface area (Å²) in [4.78, 5) is 32.1. The third kappa shape index (κ3) is 4.48. The van der Waals surface area contributed by atoms with Gasteiger partial charge in [-0.05, 0) is 24.3 Å². The molecule has 1 heterocycles. The molecule has 26 heavy (non-hydrogen) atoms. The summed E-state index contributed by atoms with van der Waals surface area (Å²) in [5.74, 6) is 0.294. The fourth-order valence-electron chi connectivity index (χ4n) is 2.38. The van der Waals surface area contributed by atoms with Crippen molar-refractivity contribution in [3.63, 3.8) is 0 Å². The first kappa shape index (κ1) is 17.2. The number of carbonyl (C=O) groups is 2. The second-order valence-corrected chi connectivity index (χ2v) is 5.67. The highest BCUT2D eigenvalue weighted by Crippen LogP contribution is 2.15. The number of carbonyl (C=O) groups excluding carboxylic acids is 2. The van der Waals surface area contributed by atoms with Crippen molar-refractivity contribution in [2.24, 2.45) is 0 Å². The maximum Gasteiger partial charge on any atom is 0.221 e. The topological polar surface area (TPSA) is 72.0 Å². The van der Waals surface area contributed by atoms with Crippen LogP contribution in [0.2, 0.25) is 0 Å². The maximum absolute atomic E-state index is 12.3. The van der Waals surface area contributed by atoms with Gasteiger partial charge in [0.25, 0.3) is 0 Å². The molecule has 0 bridgehead atoms. The monoisotopic (exact) mass is 343 g/mol. The van der Waals surface area contributed by atoms with Crippen molar-refractivity contribution < 1.29 is 9.59 Å². The van der Waals surface area contributed by atoms with Gasteiger partial charge in [0.2, 0.25) is 5.91 Å². The second kappa shape index (κ2) is 7.98. The molecule has 3 rings (SSSR count). The Balaban J connectivity index is 1.71. The zero-order chi connectivity index (χ0) is 18.4. The number of hydrogen-bond acceptors (Lipinski definition) is 4. The zero-order valence-electron chi connectivity index (χ0n) is 14.2. The fourth-order valence-corrected chi connectivity index (χ4v) is 2.38. The molecule has 0 fully saturated rings. The number of ketones is 1. The second-order valence-electron chi connectivity index (χ2n) is 5.67. The molecule has 0 aliphatic carbocycles. The van der Waals surface area contributed by atoms with Crippen molar-refractivity contribution in [3.05, 3.63) is 84.2 Å². The third-order valence-electron chi connectivity index (χ3n) is 3.60. The number of nitrogens with zero attached hydrogens (tertiary/aromatic N) is 2. The number of benzene rings is 2. The third-order valence-corrected chi connectivity index (χ3v) is 3.60. The van der Waals surface area contributed by atoms with Gasteiger partial charge < -0.3 is 5.32 Å². The highest BCUT2D eigenvalue weighted by molar-refractivity contribution is 6.07. The van der Waals surface area contributed by atoms with E-state index in [4.69, 9.17) is 0 Å². The zero-order valence-corrected chi connectivity index (χ0v) is 14.2. The average Bonchev–Trinajstić information content (AvgIpc) is 2.67. The van der Waals surface area contributed by atoms with Gasteiger partial charge in [-0.1, -0.05) is 42.5 Å². The minimum absolute atomic E-state index is 0.163. The van der Waals surface area contributed by atoms with Crippen molar-refractivity contribution in [1.82, 2.24) is 9.97 Å². The standard InChI is InChI=1S/C21H17N3O2/c1-15(25)24-19-9-5-8-18(12-19)20(26)11-10-16-13-22-21(23-14-16)17-6-3-2-4-7-17/h2-14H,1H3,(H,24,25)/b11-10-. The van der Waals surface area contributed by atoms with E-state index in [1.165, 1.54) is 13.0 Å². The minimum Gasteiger partial charge on any atom is -0.326 e. The summed E-state index contributed by atoms with van der Waals surface area (Å²) in [7, 11) is 0. The lowest BCUT2D eigenvalue weighted by atomic mass is 10.1. The summed E-state index contributed by atoms with van der Waals surface area (Å²) in [6.45, 7) is 1.42. The molecule has 0 saturated carbocycles. The molecular formula is C21H17N3O2. The molecule has 5 nitrogen and oxygen atoms in total. The van der Waals surface area contributed by atoms with Crippen molar-refractivity contribution in [2.75, 3.05) is 5.32 Å². The van der Waals surface area contributed by atoms with E-state index in [1.807, 2.05) is 30.3 Å². The van der Waals surface area contributed by atoms with Gasteiger partial charge in [-0.25, -0.2) is 9.97 Å². The fraction of sp³-hybridized carbons (Fsp3) is 0.0476. The minimum atomic E-state index is -0.180. The van der Waals surface area contributed by atoms with Gasteiger partial charge >= 0.3 is 0 Å². The number of amides is 1. The van der Waals surface area contributed by atoms with Gasteiger partial charge in [-0.15, -0.1) is 0 Å². The Morgan fingerprint density at radius 3 is 2.38 bits per heavy atom. The lowest BCUT2D eigenvalue weighted by Crippen LogP contribution is -2.06. The maximum atomic E-state index is 12.3. The molecule has 1 N–H and O–H groups in total. The summed E-state index contributed by atoms with van der Waals surface area (Å²) in [5.41, 5.74) is 2.76. The number of aromatic nitrogens is 2. The molecule has 0 aliphatic rings. The van der Waals surface area contributed by atoms with Crippen LogP contribution in [-0.4, -0.2) is 21.7 Å². The van der Waals surface area contributed by atoms with E-state index in [0.717, 1.165) is 11.1 Å². The predicted molar refractivity (Wildman–Crippen MR) is 102 cm³/mol. The summed E-state index contributed by atoms with van der Waals surface area (Å²) >= 11 is 0. The van der Waals surface area contributed by atoms with E-state index in [-0.39, 0.29) is 11.7 Å². The molecule has 0 radical (unpaired) electrons. The smallest absolute Gasteiger partial charge is 0.221 e. The van der Waals surface area contributed by atoms with Crippen molar-refractivity contribution >= 4 is 23.5 Å². The summed E-state index contributed by atoms with van der Waals surface area (Å²) < 4.78 is 0.